The molecule has 0 saturated heterocycles. The van der Waals surface area contributed by atoms with E-state index in [1.807, 2.05) is 61.5 Å². The average Bonchev–Trinajstić information content (AvgIpc) is 3.40. The molecule has 0 radical (unpaired) electrons. The lowest BCUT2D eigenvalue weighted by Crippen LogP contribution is -2.25. The molecule has 5 aromatic rings. The van der Waals surface area contributed by atoms with Gasteiger partial charge < -0.3 is 25.4 Å². The minimum absolute atomic E-state index is 0.282. The Balaban J connectivity index is 1.50. The maximum absolute atomic E-state index is 13.2. The number of hydrogen-bond donors (Lipinski definition) is 2. The largest absolute Gasteiger partial charge is 0.497 e. The van der Waals surface area contributed by atoms with Crippen molar-refractivity contribution >= 4 is 28.7 Å². The van der Waals surface area contributed by atoms with Crippen molar-refractivity contribution in [2.24, 2.45) is 0 Å². The lowest BCUT2D eigenvalue weighted by Gasteiger charge is -2.24. The molecular formula is C29H29N7O3. The third-order valence-corrected chi connectivity index (χ3v) is 6.39. The molecule has 0 saturated carbocycles. The summed E-state index contributed by atoms with van der Waals surface area (Å²) in [4.78, 5) is 24.5. The van der Waals surface area contributed by atoms with Crippen LogP contribution in [0.25, 0.3) is 5.65 Å². The highest BCUT2D eigenvalue weighted by molar-refractivity contribution is 6.04. The Labute approximate surface area is 226 Å². The van der Waals surface area contributed by atoms with Crippen molar-refractivity contribution in [3.63, 3.8) is 0 Å². The smallest absolute Gasteiger partial charge is 0.276 e. The number of nitrogens with one attached hydrogen (secondary N) is 1. The van der Waals surface area contributed by atoms with Crippen molar-refractivity contribution in [1.82, 2.24) is 19.6 Å². The van der Waals surface area contributed by atoms with Gasteiger partial charge in [0.05, 0.1) is 20.4 Å². The van der Waals surface area contributed by atoms with Gasteiger partial charge in [-0.05, 0) is 60.0 Å². The van der Waals surface area contributed by atoms with E-state index in [-0.39, 0.29) is 11.6 Å². The number of nitrogens with zero attached hydrogens (tertiary/aromatic N) is 5. The first kappa shape index (κ1) is 25.5. The monoisotopic (exact) mass is 523 g/mol. The van der Waals surface area contributed by atoms with Gasteiger partial charge in [-0.2, -0.15) is 5.10 Å². The zero-order valence-corrected chi connectivity index (χ0v) is 22.0. The maximum Gasteiger partial charge on any atom is 0.276 e. The summed E-state index contributed by atoms with van der Waals surface area (Å²) in [6.45, 7) is 2.99. The topological polar surface area (TPSA) is 120 Å². The zero-order chi connectivity index (χ0) is 27.4. The molecule has 0 atom stereocenters. The second-order valence-corrected chi connectivity index (χ2v) is 9.04. The summed E-state index contributed by atoms with van der Waals surface area (Å²) < 4.78 is 12.1. The molecule has 2 heterocycles. The van der Waals surface area contributed by atoms with Crippen LogP contribution in [0.5, 0.6) is 11.5 Å². The van der Waals surface area contributed by atoms with Gasteiger partial charge in [-0.15, -0.1) is 0 Å². The number of anilines is 3. The van der Waals surface area contributed by atoms with Crippen molar-refractivity contribution in [2.45, 2.75) is 20.0 Å². The van der Waals surface area contributed by atoms with E-state index in [9.17, 15) is 4.79 Å². The number of amides is 1. The number of carbonyl (C=O) groups is 1. The Morgan fingerprint density at radius 3 is 2.13 bits per heavy atom. The van der Waals surface area contributed by atoms with E-state index in [2.05, 4.69) is 25.3 Å². The number of aryl methyl sites for hydroxylation is 1. The highest BCUT2D eigenvalue weighted by Gasteiger charge is 2.21. The standard InChI is InChI=1S/C29H29N7O3/c1-19-4-9-22(30)14-25(19)34-29(37)26-15-31-28-27(32-18-33-36(26)28)35(16-20-5-10-23(38-2)11-6-20)17-21-7-12-24(39-3)13-8-21/h4-15,18H,16-17,30H2,1-3H3,(H,34,37). The van der Waals surface area contributed by atoms with Crippen LogP contribution in [-0.2, 0) is 13.1 Å². The van der Waals surface area contributed by atoms with Crippen molar-refractivity contribution in [2.75, 3.05) is 30.2 Å². The molecule has 1 amide bonds. The van der Waals surface area contributed by atoms with Gasteiger partial charge in [-0.25, -0.2) is 14.5 Å². The maximum atomic E-state index is 13.2. The number of aromatic nitrogens is 4. The van der Waals surface area contributed by atoms with Crippen LogP contribution in [0.4, 0.5) is 17.2 Å². The number of nitrogens with two attached hydrogens (primary N) is 1. The number of carbonyl (C=O) groups excluding carboxylic acids is 1. The van der Waals surface area contributed by atoms with Crippen molar-refractivity contribution in [1.29, 1.82) is 0 Å². The predicted molar refractivity (Wildman–Crippen MR) is 150 cm³/mol. The normalized spacial score (nSPS) is 10.8. The van der Waals surface area contributed by atoms with E-state index in [1.165, 1.54) is 17.0 Å². The van der Waals surface area contributed by atoms with E-state index in [4.69, 9.17) is 15.2 Å². The summed E-state index contributed by atoms with van der Waals surface area (Å²) in [5.74, 6) is 1.81. The van der Waals surface area contributed by atoms with Gasteiger partial charge in [0.2, 0.25) is 0 Å². The number of nitrogen functional groups attached to an aromatic ring is 1. The minimum Gasteiger partial charge on any atom is -0.497 e. The molecule has 198 valence electrons. The average molecular weight is 524 g/mol. The van der Waals surface area contributed by atoms with Gasteiger partial charge in [0, 0.05) is 24.5 Å². The first-order valence-electron chi connectivity index (χ1n) is 12.3. The third kappa shape index (κ3) is 5.59. The van der Waals surface area contributed by atoms with Crippen molar-refractivity contribution < 1.29 is 14.3 Å². The number of imidazole rings is 1. The Morgan fingerprint density at radius 1 is 0.923 bits per heavy atom. The molecule has 39 heavy (non-hydrogen) atoms. The molecule has 0 bridgehead atoms. The Morgan fingerprint density at radius 2 is 1.54 bits per heavy atom. The molecule has 0 aliphatic carbocycles. The van der Waals surface area contributed by atoms with Crippen LogP contribution >= 0.6 is 0 Å². The van der Waals surface area contributed by atoms with Crippen molar-refractivity contribution in [3.8, 4) is 11.5 Å². The van der Waals surface area contributed by atoms with Crippen molar-refractivity contribution in [3.05, 3.63) is 102 Å². The fourth-order valence-corrected chi connectivity index (χ4v) is 4.25. The first-order valence-corrected chi connectivity index (χ1v) is 12.3. The van der Waals surface area contributed by atoms with E-state index >= 15 is 0 Å². The zero-order valence-electron chi connectivity index (χ0n) is 22.0. The van der Waals surface area contributed by atoms with Crippen LogP contribution in [-0.4, -0.2) is 39.7 Å². The minimum atomic E-state index is -0.349. The summed E-state index contributed by atoms with van der Waals surface area (Å²) in [5, 5.41) is 7.26. The molecule has 0 aliphatic rings. The van der Waals surface area contributed by atoms with Crippen LogP contribution in [0.2, 0.25) is 0 Å². The van der Waals surface area contributed by atoms with Gasteiger partial charge in [0.15, 0.2) is 17.2 Å². The summed E-state index contributed by atoms with van der Waals surface area (Å²) in [5.41, 5.74) is 10.9. The molecular weight excluding hydrogens is 494 g/mol. The lowest BCUT2D eigenvalue weighted by molar-refractivity contribution is 0.102. The summed E-state index contributed by atoms with van der Waals surface area (Å²) in [7, 11) is 3.28. The van der Waals surface area contributed by atoms with Gasteiger partial charge in [0.1, 0.15) is 17.8 Å². The van der Waals surface area contributed by atoms with Gasteiger partial charge in [0.25, 0.3) is 5.91 Å². The Bertz CT molecular complexity index is 1550. The van der Waals surface area contributed by atoms with Gasteiger partial charge >= 0.3 is 0 Å². The van der Waals surface area contributed by atoms with Crippen LogP contribution in [0, 0.1) is 6.92 Å². The molecule has 0 spiro atoms. The highest BCUT2D eigenvalue weighted by Crippen LogP contribution is 2.25. The quantitative estimate of drug-likeness (QED) is 0.271. The second kappa shape index (κ2) is 11.1. The number of ether oxygens (including phenoxy) is 2. The number of benzene rings is 3. The predicted octanol–water partition coefficient (Wildman–Crippen LogP) is 4.49. The third-order valence-electron chi connectivity index (χ3n) is 6.39. The van der Waals surface area contributed by atoms with Crippen LogP contribution < -0.4 is 25.4 Å². The highest BCUT2D eigenvalue weighted by atomic mass is 16.5. The lowest BCUT2D eigenvalue weighted by atomic mass is 10.1. The van der Waals surface area contributed by atoms with Crippen LogP contribution in [0.15, 0.2) is 79.3 Å². The Hall–Kier alpha value is -5.12. The summed E-state index contributed by atoms with van der Waals surface area (Å²) >= 11 is 0. The molecule has 2 aromatic heterocycles. The van der Waals surface area contributed by atoms with Gasteiger partial charge in [-0.3, -0.25) is 4.79 Å². The summed E-state index contributed by atoms with van der Waals surface area (Å²) in [6.07, 6.45) is 2.94. The van der Waals surface area contributed by atoms with Gasteiger partial charge in [-0.1, -0.05) is 30.3 Å². The van der Waals surface area contributed by atoms with E-state index in [0.717, 1.165) is 28.2 Å². The van der Waals surface area contributed by atoms with E-state index in [0.29, 0.717) is 35.9 Å². The fraction of sp³-hybridized carbons (Fsp3) is 0.172. The fourth-order valence-electron chi connectivity index (χ4n) is 4.25. The molecule has 10 heteroatoms. The van der Waals surface area contributed by atoms with Crippen LogP contribution in [0.3, 0.4) is 0 Å². The first-order chi connectivity index (χ1) is 18.9. The molecule has 3 N–H and O–H groups in total. The SMILES string of the molecule is COc1ccc(CN(Cc2ccc(OC)cc2)c2ncnn3c(C(=O)Nc4cc(N)ccc4C)cnc23)cc1. The summed E-state index contributed by atoms with van der Waals surface area (Å²) in [6, 6.07) is 21.1. The molecule has 0 unspecified atom stereocenters. The number of rotatable bonds is 9. The number of hydrogen-bond acceptors (Lipinski definition) is 8. The van der Waals surface area contributed by atoms with Crippen LogP contribution in [0.1, 0.15) is 27.2 Å². The molecule has 0 fully saturated rings. The molecule has 0 aliphatic heterocycles. The molecule has 10 nitrogen and oxygen atoms in total. The van der Waals surface area contributed by atoms with E-state index in [1.54, 1.807) is 26.4 Å². The van der Waals surface area contributed by atoms with E-state index < -0.39 is 0 Å². The number of fused-ring (bicyclic) bond motifs is 1. The Kier molecular flexibility index (Phi) is 7.26. The molecule has 5 rings (SSSR count). The number of methoxy groups -OCH3 is 2. The second-order valence-electron chi connectivity index (χ2n) is 9.04. The molecule has 3 aromatic carbocycles.